The molecule has 0 saturated heterocycles. The smallest absolute Gasteiger partial charge is 0.435 e. The molecule has 1 aromatic carbocycles. The first kappa shape index (κ1) is 13.7. The van der Waals surface area contributed by atoms with Crippen LogP contribution >= 0.6 is 11.6 Å². The first-order valence-corrected chi connectivity index (χ1v) is 5.85. The highest BCUT2D eigenvalue weighted by Gasteiger charge is 2.34. The number of hydrogen-bond acceptors (Lipinski definition) is 2. The first-order valence-electron chi connectivity index (χ1n) is 5.48. The Hall–Kier alpha value is -1.69. The molecule has 0 N–H and O–H groups in total. The van der Waals surface area contributed by atoms with Crippen LogP contribution in [0.4, 0.5) is 13.2 Å². The number of benzene rings is 1. The largest absolute Gasteiger partial charge is 0.494 e. The molecule has 0 unspecified atom stereocenters. The molecule has 0 amide bonds. The van der Waals surface area contributed by atoms with E-state index in [9.17, 15) is 13.2 Å². The zero-order valence-corrected chi connectivity index (χ0v) is 10.7. The van der Waals surface area contributed by atoms with Crippen molar-refractivity contribution in [2.45, 2.75) is 13.1 Å². The van der Waals surface area contributed by atoms with Gasteiger partial charge >= 0.3 is 6.18 Å². The van der Waals surface area contributed by atoms with Gasteiger partial charge in [0.2, 0.25) is 0 Å². The Morgan fingerprint density at radius 3 is 2.37 bits per heavy atom. The normalized spacial score (nSPS) is 11.6. The Kier molecular flexibility index (Phi) is 3.71. The van der Waals surface area contributed by atoms with E-state index in [0.29, 0.717) is 18.0 Å². The summed E-state index contributed by atoms with van der Waals surface area (Å²) in [6.45, 7) is 2.36. The lowest BCUT2D eigenvalue weighted by molar-refractivity contribution is -0.141. The summed E-state index contributed by atoms with van der Waals surface area (Å²) in [6.07, 6.45) is -4.51. The fraction of sp³-hybridized carbons (Fsp3) is 0.250. The van der Waals surface area contributed by atoms with Crippen LogP contribution in [-0.2, 0) is 6.18 Å². The van der Waals surface area contributed by atoms with E-state index in [2.05, 4.69) is 5.10 Å². The van der Waals surface area contributed by atoms with Gasteiger partial charge in [0.25, 0.3) is 0 Å². The third kappa shape index (κ3) is 3.01. The molecule has 2 rings (SSSR count). The minimum atomic E-state index is -4.51. The number of halogens is 4. The van der Waals surface area contributed by atoms with E-state index < -0.39 is 11.9 Å². The Balaban J connectivity index is 2.34. The minimum Gasteiger partial charge on any atom is -0.494 e. The number of hydrogen-bond donors (Lipinski definition) is 0. The number of ether oxygens (including phenoxy) is 1. The third-order valence-electron chi connectivity index (χ3n) is 2.35. The van der Waals surface area contributed by atoms with Gasteiger partial charge in [0, 0.05) is 6.07 Å². The van der Waals surface area contributed by atoms with Crippen molar-refractivity contribution in [1.29, 1.82) is 0 Å². The van der Waals surface area contributed by atoms with Crippen molar-refractivity contribution in [3.63, 3.8) is 0 Å². The summed E-state index contributed by atoms with van der Waals surface area (Å²) in [5.41, 5.74) is -0.588. The zero-order chi connectivity index (χ0) is 14.0. The van der Waals surface area contributed by atoms with E-state index in [1.165, 1.54) is 0 Å². The van der Waals surface area contributed by atoms with Gasteiger partial charge in [-0.2, -0.15) is 18.3 Å². The van der Waals surface area contributed by atoms with Crippen molar-refractivity contribution in [3.8, 4) is 11.4 Å². The number of alkyl halides is 3. The summed E-state index contributed by atoms with van der Waals surface area (Å²) >= 11 is 5.76. The van der Waals surface area contributed by atoms with Gasteiger partial charge in [0.15, 0.2) is 5.69 Å². The molecule has 0 aliphatic carbocycles. The van der Waals surface area contributed by atoms with Crippen LogP contribution in [-0.4, -0.2) is 16.4 Å². The van der Waals surface area contributed by atoms with E-state index in [-0.39, 0.29) is 5.15 Å². The molecule has 0 bridgehead atoms. The molecule has 7 heteroatoms. The van der Waals surface area contributed by atoms with E-state index in [4.69, 9.17) is 16.3 Å². The molecule has 1 aromatic heterocycles. The monoisotopic (exact) mass is 290 g/mol. The molecule has 0 atom stereocenters. The fourth-order valence-corrected chi connectivity index (χ4v) is 1.77. The SMILES string of the molecule is CCOc1ccc(-n2nc(C(F)(F)F)cc2Cl)cc1. The van der Waals surface area contributed by atoms with E-state index in [1.54, 1.807) is 24.3 Å². The van der Waals surface area contributed by atoms with Crippen molar-refractivity contribution >= 4 is 11.6 Å². The van der Waals surface area contributed by atoms with Gasteiger partial charge in [-0.15, -0.1) is 0 Å². The van der Waals surface area contributed by atoms with Crippen molar-refractivity contribution < 1.29 is 17.9 Å². The lowest BCUT2D eigenvalue weighted by Crippen LogP contribution is -2.07. The van der Waals surface area contributed by atoms with Crippen LogP contribution in [0.25, 0.3) is 5.69 Å². The first-order chi connectivity index (χ1) is 8.91. The van der Waals surface area contributed by atoms with Crippen molar-refractivity contribution in [1.82, 2.24) is 9.78 Å². The molecular weight excluding hydrogens is 281 g/mol. The van der Waals surface area contributed by atoms with Gasteiger partial charge in [-0.25, -0.2) is 4.68 Å². The standard InChI is InChI=1S/C12H10ClF3N2O/c1-2-19-9-5-3-8(4-6-9)18-11(13)7-10(17-18)12(14,15)16/h3-7H,2H2,1H3. The fourth-order valence-electron chi connectivity index (χ4n) is 1.53. The van der Waals surface area contributed by atoms with Gasteiger partial charge in [-0.1, -0.05) is 11.6 Å². The molecule has 19 heavy (non-hydrogen) atoms. The maximum absolute atomic E-state index is 12.5. The second-order valence-electron chi connectivity index (χ2n) is 3.69. The summed E-state index contributed by atoms with van der Waals surface area (Å²) in [6, 6.07) is 7.25. The van der Waals surface area contributed by atoms with Crippen LogP contribution in [0.1, 0.15) is 12.6 Å². The van der Waals surface area contributed by atoms with Crippen LogP contribution in [0, 0.1) is 0 Å². The molecular formula is C12H10ClF3N2O. The van der Waals surface area contributed by atoms with E-state index >= 15 is 0 Å². The predicted octanol–water partition coefficient (Wildman–Crippen LogP) is 3.94. The number of nitrogens with zero attached hydrogens (tertiary/aromatic N) is 2. The molecule has 0 aliphatic heterocycles. The second-order valence-corrected chi connectivity index (χ2v) is 4.08. The van der Waals surface area contributed by atoms with Crippen molar-refractivity contribution in [2.24, 2.45) is 0 Å². The molecule has 0 spiro atoms. The minimum absolute atomic E-state index is 0.100. The lowest BCUT2D eigenvalue weighted by Gasteiger charge is -2.06. The summed E-state index contributed by atoms with van der Waals surface area (Å²) in [5, 5.41) is 3.35. The van der Waals surface area contributed by atoms with E-state index in [1.807, 2.05) is 6.92 Å². The van der Waals surface area contributed by atoms with Crippen LogP contribution in [0.2, 0.25) is 5.15 Å². The average molecular weight is 291 g/mol. The maximum atomic E-state index is 12.5. The average Bonchev–Trinajstić information content (AvgIpc) is 2.73. The number of rotatable bonds is 3. The van der Waals surface area contributed by atoms with Crippen LogP contribution in [0.5, 0.6) is 5.75 Å². The molecule has 0 fully saturated rings. The summed E-state index contributed by atoms with van der Waals surface area (Å²) in [4.78, 5) is 0. The molecule has 0 radical (unpaired) electrons. The summed E-state index contributed by atoms with van der Waals surface area (Å²) in [5.74, 6) is 0.630. The molecule has 2 aromatic rings. The highest BCUT2D eigenvalue weighted by molar-refractivity contribution is 6.29. The van der Waals surface area contributed by atoms with Crippen LogP contribution in [0.15, 0.2) is 30.3 Å². The molecule has 102 valence electrons. The van der Waals surface area contributed by atoms with Gasteiger partial charge < -0.3 is 4.74 Å². The maximum Gasteiger partial charge on any atom is 0.435 e. The number of aromatic nitrogens is 2. The highest BCUT2D eigenvalue weighted by atomic mass is 35.5. The van der Waals surface area contributed by atoms with Crippen LogP contribution < -0.4 is 4.74 Å². The Bertz CT molecular complexity index is 563. The van der Waals surface area contributed by atoms with Gasteiger partial charge in [0.1, 0.15) is 10.9 Å². The van der Waals surface area contributed by atoms with Crippen molar-refractivity contribution in [3.05, 3.63) is 41.2 Å². The van der Waals surface area contributed by atoms with Gasteiger partial charge in [-0.05, 0) is 31.2 Å². The van der Waals surface area contributed by atoms with Crippen LogP contribution in [0.3, 0.4) is 0 Å². The summed E-state index contributed by atoms with van der Waals surface area (Å²) < 4.78 is 43.8. The Labute approximate surface area is 112 Å². The Morgan fingerprint density at radius 1 is 1.26 bits per heavy atom. The molecule has 0 saturated carbocycles. The summed E-state index contributed by atoms with van der Waals surface area (Å²) in [7, 11) is 0. The lowest BCUT2D eigenvalue weighted by atomic mass is 10.3. The molecule has 1 heterocycles. The third-order valence-corrected chi connectivity index (χ3v) is 2.62. The second kappa shape index (κ2) is 5.13. The predicted molar refractivity (Wildman–Crippen MR) is 64.7 cm³/mol. The van der Waals surface area contributed by atoms with Crippen molar-refractivity contribution in [2.75, 3.05) is 6.61 Å². The highest BCUT2D eigenvalue weighted by Crippen LogP contribution is 2.31. The van der Waals surface area contributed by atoms with Gasteiger partial charge in [-0.3, -0.25) is 0 Å². The van der Waals surface area contributed by atoms with Gasteiger partial charge in [0.05, 0.1) is 12.3 Å². The topological polar surface area (TPSA) is 27.1 Å². The molecule has 0 aliphatic rings. The van der Waals surface area contributed by atoms with E-state index in [0.717, 1.165) is 10.7 Å². The molecule has 3 nitrogen and oxygen atoms in total. The Morgan fingerprint density at radius 2 is 1.89 bits per heavy atom. The zero-order valence-electron chi connectivity index (χ0n) is 9.91. The quantitative estimate of drug-likeness (QED) is 0.856.